The quantitative estimate of drug-likeness (QED) is 0.874. The van der Waals surface area contributed by atoms with Crippen LogP contribution in [0, 0.1) is 23.5 Å². The zero-order chi connectivity index (χ0) is 15.4. The fourth-order valence-electron chi connectivity index (χ4n) is 2.98. The van der Waals surface area contributed by atoms with Gasteiger partial charge in [-0.25, -0.2) is 8.78 Å². The van der Waals surface area contributed by atoms with Crippen molar-refractivity contribution in [1.82, 2.24) is 5.32 Å². The Labute approximate surface area is 123 Å². The highest BCUT2D eigenvalue weighted by atomic mass is 19.1. The van der Waals surface area contributed by atoms with Crippen molar-refractivity contribution in [2.45, 2.75) is 38.6 Å². The third-order valence-electron chi connectivity index (χ3n) is 4.34. The van der Waals surface area contributed by atoms with E-state index < -0.39 is 23.6 Å². The molecule has 1 aliphatic carbocycles. The van der Waals surface area contributed by atoms with E-state index >= 15 is 0 Å². The maximum absolute atomic E-state index is 13.7. The third kappa shape index (κ3) is 4.00. The lowest BCUT2D eigenvalue weighted by Gasteiger charge is -2.27. The summed E-state index contributed by atoms with van der Waals surface area (Å²) < 4.78 is 27.3. The molecule has 3 nitrogen and oxygen atoms in total. The first-order chi connectivity index (χ1) is 9.99. The van der Waals surface area contributed by atoms with E-state index in [1.807, 2.05) is 0 Å². The fraction of sp³-hybridized carbons (Fsp3) is 0.562. The van der Waals surface area contributed by atoms with Crippen LogP contribution in [0.4, 0.5) is 8.78 Å². The van der Waals surface area contributed by atoms with Gasteiger partial charge in [0.1, 0.15) is 11.6 Å². The minimum absolute atomic E-state index is 0.0664. The molecule has 0 bridgehead atoms. The Morgan fingerprint density at radius 3 is 2.38 bits per heavy atom. The zero-order valence-electron chi connectivity index (χ0n) is 12.1. The topological polar surface area (TPSA) is 49.3 Å². The number of carboxylic acids is 1. The van der Waals surface area contributed by atoms with E-state index in [0.29, 0.717) is 25.3 Å². The molecule has 0 heterocycles. The molecular formula is C16H21F2NO2. The molecule has 1 aromatic rings. The summed E-state index contributed by atoms with van der Waals surface area (Å²) in [5.41, 5.74) is 0.0664. The first kappa shape index (κ1) is 15.9. The SMILES string of the molecule is CC(NCC1CCC(C(=O)O)CC1)c1c(F)cccc1F. The van der Waals surface area contributed by atoms with Gasteiger partial charge in [-0.2, -0.15) is 0 Å². The second kappa shape index (κ2) is 6.98. The van der Waals surface area contributed by atoms with Crippen LogP contribution in [0.5, 0.6) is 0 Å². The monoisotopic (exact) mass is 297 g/mol. The van der Waals surface area contributed by atoms with Gasteiger partial charge in [0, 0.05) is 11.6 Å². The lowest BCUT2D eigenvalue weighted by Crippen LogP contribution is -2.30. The van der Waals surface area contributed by atoms with Gasteiger partial charge in [-0.3, -0.25) is 4.79 Å². The molecule has 0 saturated heterocycles. The van der Waals surface area contributed by atoms with Gasteiger partial charge in [0.2, 0.25) is 0 Å². The molecule has 1 unspecified atom stereocenters. The van der Waals surface area contributed by atoms with Gasteiger partial charge in [-0.15, -0.1) is 0 Å². The number of nitrogens with one attached hydrogen (secondary N) is 1. The molecule has 0 spiro atoms. The minimum atomic E-state index is -0.719. The van der Waals surface area contributed by atoms with Crippen LogP contribution in [0.3, 0.4) is 0 Å². The first-order valence-corrected chi connectivity index (χ1v) is 7.39. The highest BCUT2D eigenvalue weighted by molar-refractivity contribution is 5.69. The van der Waals surface area contributed by atoms with Crippen molar-refractivity contribution in [1.29, 1.82) is 0 Å². The molecule has 21 heavy (non-hydrogen) atoms. The van der Waals surface area contributed by atoms with Crippen LogP contribution in [-0.2, 0) is 4.79 Å². The molecule has 0 amide bonds. The summed E-state index contributed by atoms with van der Waals surface area (Å²) in [5, 5.41) is 12.1. The highest BCUT2D eigenvalue weighted by Gasteiger charge is 2.26. The Bertz CT molecular complexity index is 479. The summed E-state index contributed by atoms with van der Waals surface area (Å²) in [7, 11) is 0. The Kier molecular flexibility index (Phi) is 5.28. The minimum Gasteiger partial charge on any atom is -0.481 e. The van der Waals surface area contributed by atoms with Crippen molar-refractivity contribution in [3.63, 3.8) is 0 Å². The molecule has 5 heteroatoms. The van der Waals surface area contributed by atoms with Crippen LogP contribution in [0.15, 0.2) is 18.2 Å². The van der Waals surface area contributed by atoms with Gasteiger partial charge in [-0.05, 0) is 57.2 Å². The van der Waals surface area contributed by atoms with E-state index in [1.165, 1.54) is 18.2 Å². The zero-order valence-corrected chi connectivity index (χ0v) is 12.1. The number of carboxylic acid groups (broad SMARTS) is 1. The molecule has 1 atom stereocenters. The van der Waals surface area contributed by atoms with Gasteiger partial charge in [0.05, 0.1) is 5.92 Å². The molecule has 1 saturated carbocycles. The summed E-state index contributed by atoms with van der Waals surface area (Å²) >= 11 is 0. The summed E-state index contributed by atoms with van der Waals surface area (Å²) in [6.45, 7) is 2.39. The number of rotatable bonds is 5. The van der Waals surface area contributed by atoms with Crippen molar-refractivity contribution >= 4 is 5.97 Å². The number of hydrogen-bond acceptors (Lipinski definition) is 2. The Morgan fingerprint density at radius 2 is 1.86 bits per heavy atom. The van der Waals surface area contributed by atoms with Gasteiger partial charge in [0.15, 0.2) is 0 Å². The number of halogens is 2. The average molecular weight is 297 g/mol. The van der Waals surface area contributed by atoms with Crippen molar-refractivity contribution in [2.24, 2.45) is 11.8 Å². The highest BCUT2D eigenvalue weighted by Crippen LogP contribution is 2.29. The van der Waals surface area contributed by atoms with Crippen LogP contribution in [0.25, 0.3) is 0 Å². The van der Waals surface area contributed by atoms with Crippen molar-refractivity contribution in [3.8, 4) is 0 Å². The number of aliphatic carboxylic acids is 1. The Morgan fingerprint density at radius 1 is 1.29 bits per heavy atom. The van der Waals surface area contributed by atoms with Crippen LogP contribution in [0.2, 0.25) is 0 Å². The molecule has 0 radical (unpaired) electrons. The maximum atomic E-state index is 13.7. The van der Waals surface area contributed by atoms with Gasteiger partial charge in [0.25, 0.3) is 0 Å². The van der Waals surface area contributed by atoms with Crippen LogP contribution >= 0.6 is 0 Å². The molecule has 1 aliphatic rings. The predicted octanol–water partition coefficient (Wildman–Crippen LogP) is 3.51. The summed E-state index contributed by atoms with van der Waals surface area (Å²) in [4.78, 5) is 10.9. The predicted molar refractivity (Wildman–Crippen MR) is 75.9 cm³/mol. The van der Waals surface area contributed by atoms with Crippen LogP contribution in [-0.4, -0.2) is 17.6 Å². The van der Waals surface area contributed by atoms with Gasteiger partial charge >= 0.3 is 5.97 Å². The van der Waals surface area contributed by atoms with Gasteiger partial charge in [-0.1, -0.05) is 6.07 Å². The van der Waals surface area contributed by atoms with E-state index in [9.17, 15) is 13.6 Å². The van der Waals surface area contributed by atoms with E-state index in [0.717, 1.165) is 12.8 Å². The van der Waals surface area contributed by atoms with Crippen LogP contribution in [0.1, 0.15) is 44.2 Å². The van der Waals surface area contributed by atoms with Gasteiger partial charge < -0.3 is 10.4 Å². The fourth-order valence-corrected chi connectivity index (χ4v) is 2.98. The Hall–Kier alpha value is -1.49. The number of hydrogen-bond donors (Lipinski definition) is 2. The first-order valence-electron chi connectivity index (χ1n) is 7.39. The summed E-state index contributed by atoms with van der Waals surface area (Å²) in [6, 6.07) is 3.47. The standard InChI is InChI=1S/C16H21F2NO2/c1-10(15-13(17)3-2-4-14(15)18)19-9-11-5-7-12(8-6-11)16(20)21/h2-4,10-12,19H,5-9H2,1H3,(H,20,21). The van der Waals surface area contributed by atoms with Crippen molar-refractivity contribution in [2.75, 3.05) is 6.54 Å². The smallest absolute Gasteiger partial charge is 0.306 e. The number of benzene rings is 1. The van der Waals surface area contributed by atoms with E-state index in [4.69, 9.17) is 5.11 Å². The lowest BCUT2D eigenvalue weighted by atomic mass is 9.82. The van der Waals surface area contributed by atoms with Crippen molar-refractivity contribution < 1.29 is 18.7 Å². The second-order valence-corrected chi connectivity index (χ2v) is 5.82. The second-order valence-electron chi connectivity index (χ2n) is 5.82. The molecular weight excluding hydrogens is 276 g/mol. The van der Waals surface area contributed by atoms with E-state index in [2.05, 4.69) is 5.32 Å². The molecule has 1 aromatic carbocycles. The summed E-state index contributed by atoms with van der Waals surface area (Å²) in [5.74, 6) is -1.65. The largest absolute Gasteiger partial charge is 0.481 e. The average Bonchev–Trinajstić information content (AvgIpc) is 2.45. The van der Waals surface area contributed by atoms with Crippen molar-refractivity contribution in [3.05, 3.63) is 35.4 Å². The normalized spacial score (nSPS) is 23.8. The summed E-state index contributed by atoms with van der Waals surface area (Å²) in [6.07, 6.45) is 3.06. The third-order valence-corrected chi connectivity index (χ3v) is 4.34. The molecule has 2 rings (SSSR count). The molecule has 1 fully saturated rings. The maximum Gasteiger partial charge on any atom is 0.306 e. The molecule has 116 valence electrons. The van der Waals surface area contributed by atoms with Crippen LogP contribution < -0.4 is 5.32 Å². The van der Waals surface area contributed by atoms with E-state index in [1.54, 1.807) is 6.92 Å². The molecule has 2 N–H and O–H groups in total. The molecule has 0 aromatic heterocycles. The lowest BCUT2D eigenvalue weighted by molar-refractivity contribution is -0.143. The number of carbonyl (C=O) groups is 1. The Balaban J connectivity index is 1.85. The molecule has 0 aliphatic heterocycles. The van der Waals surface area contributed by atoms with E-state index in [-0.39, 0.29) is 11.5 Å².